The fourth-order valence-electron chi connectivity index (χ4n) is 2.31. The van der Waals surface area contributed by atoms with Crippen LogP contribution in [0.3, 0.4) is 0 Å². The molecular formula is C17H22BrNO2. The Balaban J connectivity index is 2.35. The minimum atomic E-state index is 0.0463. The first kappa shape index (κ1) is 16.1. The van der Waals surface area contributed by atoms with Crippen LogP contribution in [0.15, 0.2) is 39.4 Å². The Morgan fingerprint density at radius 3 is 2.67 bits per heavy atom. The standard InChI is InChI=1S/C17H22BrNO2/c1-4-9-19-16(17-12(3)8-10-21-17)14-7-6-13(20-5-2)11-15(14)18/h6-8,10-11,16,19H,4-5,9H2,1-3H3. The molecule has 1 unspecified atom stereocenters. The first-order valence-corrected chi connectivity index (χ1v) is 8.16. The van der Waals surface area contributed by atoms with Crippen molar-refractivity contribution in [2.24, 2.45) is 0 Å². The van der Waals surface area contributed by atoms with Crippen LogP contribution in [0.4, 0.5) is 0 Å². The largest absolute Gasteiger partial charge is 0.494 e. The first-order valence-electron chi connectivity index (χ1n) is 7.37. The quantitative estimate of drug-likeness (QED) is 0.774. The van der Waals surface area contributed by atoms with Gasteiger partial charge in [-0.15, -0.1) is 0 Å². The second-order valence-electron chi connectivity index (χ2n) is 4.97. The maximum atomic E-state index is 5.70. The smallest absolute Gasteiger partial charge is 0.128 e. The average Bonchev–Trinajstić information content (AvgIpc) is 2.88. The van der Waals surface area contributed by atoms with Gasteiger partial charge in [-0.2, -0.15) is 0 Å². The molecule has 0 aliphatic rings. The van der Waals surface area contributed by atoms with Gasteiger partial charge in [0.2, 0.25) is 0 Å². The van der Waals surface area contributed by atoms with Gasteiger partial charge >= 0.3 is 0 Å². The van der Waals surface area contributed by atoms with Gasteiger partial charge in [0.1, 0.15) is 11.5 Å². The van der Waals surface area contributed by atoms with Crippen LogP contribution in [-0.4, -0.2) is 13.2 Å². The van der Waals surface area contributed by atoms with Crippen molar-refractivity contribution in [1.82, 2.24) is 5.32 Å². The predicted molar refractivity (Wildman–Crippen MR) is 88.9 cm³/mol. The Bertz CT molecular complexity index is 580. The summed E-state index contributed by atoms with van der Waals surface area (Å²) in [6.45, 7) is 7.82. The molecule has 0 radical (unpaired) electrons. The maximum Gasteiger partial charge on any atom is 0.128 e. The van der Waals surface area contributed by atoms with Crippen LogP contribution in [0, 0.1) is 6.92 Å². The van der Waals surface area contributed by atoms with Crippen molar-refractivity contribution in [3.63, 3.8) is 0 Å². The molecule has 1 aromatic carbocycles. The Labute approximate surface area is 134 Å². The van der Waals surface area contributed by atoms with E-state index in [1.807, 2.05) is 25.1 Å². The molecule has 114 valence electrons. The van der Waals surface area contributed by atoms with Gasteiger partial charge in [-0.1, -0.05) is 28.9 Å². The zero-order valence-corrected chi connectivity index (χ0v) is 14.4. The van der Waals surface area contributed by atoms with Gasteiger partial charge in [0.15, 0.2) is 0 Å². The number of hydrogen-bond donors (Lipinski definition) is 1. The number of hydrogen-bond acceptors (Lipinski definition) is 3. The number of furan rings is 1. The molecule has 2 aromatic rings. The lowest BCUT2D eigenvalue weighted by Crippen LogP contribution is -2.23. The normalized spacial score (nSPS) is 12.4. The third-order valence-electron chi connectivity index (χ3n) is 3.36. The summed E-state index contributed by atoms with van der Waals surface area (Å²) in [6.07, 6.45) is 2.82. The minimum Gasteiger partial charge on any atom is -0.494 e. The van der Waals surface area contributed by atoms with E-state index in [-0.39, 0.29) is 6.04 Å². The lowest BCUT2D eigenvalue weighted by molar-refractivity contribution is 0.339. The summed E-state index contributed by atoms with van der Waals surface area (Å²) in [4.78, 5) is 0. The molecule has 1 N–H and O–H groups in total. The van der Waals surface area contributed by atoms with Gasteiger partial charge < -0.3 is 14.5 Å². The van der Waals surface area contributed by atoms with Crippen molar-refractivity contribution in [1.29, 1.82) is 0 Å². The summed E-state index contributed by atoms with van der Waals surface area (Å²) >= 11 is 3.66. The first-order chi connectivity index (χ1) is 10.2. The molecule has 0 saturated heterocycles. The van der Waals surface area contributed by atoms with E-state index in [4.69, 9.17) is 9.15 Å². The molecule has 0 spiro atoms. The van der Waals surface area contributed by atoms with E-state index in [9.17, 15) is 0 Å². The van der Waals surface area contributed by atoms with Gasteiger partial charge in [0.05, 0.1) is 18.9 Å². The van der Waals surface area contributed by atoms with Crippen molar-refractivity contribution in [3.8, 4) is 5.75 Å². The van der Waals surface area contributed by atoms with Crippen molar-refractivity contribution >= 4 is 15.9 Å². The van der Waals surface area contributed by atoms with Crippen molar-refractivity contribution in [2.45, 2.75) is 33.2 Å². The lowest BCUT2D eigenvalue weighted by Gasteiger charge is -2.20. The van der Waals surface area contributed by atoms with E-state index in [1.165, 1.54) is 0 Å². The molecule has 1 atom stereocenters. The lowest BCUT2D eigenvalue weighted by atomic mass is 10.0. The molecule has 0 aliphatic heterocycles. The summed E-state index contributed by atoms with van der Waals surface area (Å²) < 4.78 is 12.3. The molecule has 0 amide bonds. The highest BCUT2D eigenvalue weighted by atomic mass is 79.9. The predicted octanol–water partition coefficient (Wildman–Crippen LogP) is 4.84. The van der Waals surface area contributed by atoms with Gasteiger partial charge in [0, 0.05) is 4.47 Å². The SMILES string of the molecule is CCCNC(c1ccc(OCC)cc1Br)c1occc1C. The number of rotatable bonds is 7. The molecule has 3 nitrogen and oxygen atoms in total. The topological polar surface area (TPSA) is 34.4 Å². The fourth-order valence-corrected chi connectivity index (χ4v) is 2.90. The number of nitrogens with one attached hydrogen (secondary N) is 1. The average molecular weight is 352 g/mol. The van der Waals surface area contributed by atoms with Crippen LogP contribution in [0.2, 0.25) is 0 Å². The van der Waals surface area contributed by atoms with Gasteiger partial charge in [-0.25, -0.2) is 0 Å². The molecular weight excluding hydrogens is 330 g/mol. The number of halogens is 1. The maximum absolute atomic E-state index is 5.70. The van der Waals surface area contributed by atoms with Crippen LogP contribution in [0.5, 0.6) is 5.75 Å². The van der Waals surface area contributed by atoms with Crippen molar-refractivity contribution in [3.05, 3.63) is 51.9 Å². The third-order valence-corrected chi connectivity index (χ3v) is 4.04. The summed E-state index contributed by atoms with van der Waals surface area (Å²) in [5.74, 6) is 1.84. The van der Waals surface area contributed by atoms with Crippen molar-refractivity contribution < 1.29 is 9.15 Å². The Kier molecular flexibility index (Phi) is 5.88. The fraction of sp³-hybridized carbons (Fsp3) is 0.412. The van der Waals surface area contributed by atoms with Crippen LogP contribution in [-0.2, 0) is 0 Å². The van der Waals surface area contributed by atoms with Crippen LogP contribution < -0.4 is 10.1 Å². The molecule has 1 aromatic heterocycles. The monoisotopic (exact) mass is 351 g/mol. The van der Waals surface area contributed by atoms with Crippen LogP contribution in [0.25, 0.3) is 0 Å². The second kappa shape index (κ2) is 7.66. The van der Waals surface area contributed by atoms with E-state index in [1.54, 1.807) is 6.26 Å². The van der Waals surface area contributed by atoms with Crippen LogP contribution in [0.1, 0.15) is 43.2 Å². The highest BCUT2D eigenvalue weighted by Crippen LogP contribution is 2.33. The second-order valence-corrected chi connectivity index (χ2v) is 5.83. The van der Waals surface area contributed by atoms with E-state index in [0.29, 0.717) is 6.61 Å². The van der Waals surface area contributed by atoms with E-state index in [0.717, 1.165) is 40.1 Å². The number of aryl methyl sites for hydroxylation is 1. The molecule has 0 saturated carbocycles. The molecule has 0 aliphatic carbocycles. The molecule has 1 heterocycles. The van der Waals surface area contributed by atoms with Gasteiger partial charge in [-0.05, 0) is 56.1 Å². The Morgan fingerprint density at radius 1 is 1.29 bits per heavy atom. The Morgan fingerprint density at radius 2 is 2.10 bits per heavy atom. The number of ether oxygens (including phenoxy) is 1. The Hall–Kier alpha value is -1.26. The molecule has 0 fully saturated rings. The van der Waals surface area contributed by atoms with Crippen LogP contribution >= 0.6 is 15.9 Å². The molecule has 4 heteroatoms. The summed E-state index contributed by atoms with van der Waals surface area (Å²) in [5, 5.41) is 3.56. The molecule has 0 bridgehead atoms. The highest BCUT2D eigenvalue weighted by Gasteiger charge is 2.21. The van der Waals surface area contributed by atoms with Gasteiger partial charge in [0.25, 0.3) is 0 Å². The number of benzene rings is 1. The van der Waals surface area contributed by atoms with Gasteiger partial charge in [-0.3, -0.25) is 0 Å². The summed E-state index contributed by atoms with van der Waals surface area (Å²) in [6, 6.07) is 8.15. The van der Waals surface area contributed by atoms with E-state index in [2.05, 4.69) is 41.2 Å². The third kappa shape index (κ3) is 3.89. The minimum absolute atomic E-state index is 0.0463. The van der Waals surface area contributed by atoms with E-state index < -0.39 is 0 Å². The summed E-state index contributed by atoms with van der Waals surface area (Å²) in [7, 11) is 0. The molecule has 2 rings (SSSR count). The van der Waals surface area contributed by atoms with E-state index >= 15 is 0 Å². The van der Waals surface area contributed by atoms with Crippen molar-refractivity contribution in [2.75, 3.05) is 13.2 Å². The molecule has 21 heavy (non-hydrogen) atoms. The zero-order valence-electron chi connectivity index (χ0n) is 12.8. The summed E-state index contributed by atoms with van der Waals surface area (Å²) in [5.41, 5.74) is 2.31. The highest BCUT2D eigenvalue weighted by molar-refractivity contribution is 9.10. The zero-order chi connectivity index (χ0) is 15.2.